The fourth-order valence-electron chi connectivity index (χ4n) is 1.34. The summed E-state index contributed by atoms with van der Waals surface area (Å²) in [5.41, 5.74) is 0. The molecule has 0 bridgehead atoms. The minimum absolute atomic E-state index is 0.345. The van der Waals surface area contributed by atoms with Gasteiger partial charge in [-0.25, -0.2) is 0 Å². The van der Waals surface area contributed by atoms with Crippen LogP contribution in [0.1, 0.15) is 25.7 Å². The molecule has 2 N–H and O–H groups in total. The highest BCUT2D eigenvalue weighted by molar-refractivity contribution is 4.73. The molecule has 1 rings (SSSR count). The number of aliphatic hydroxyl groups is 1. The largest absolute Gasteiger partial charge is 0.396 e. The summed E-state index contributed by atoms with van der Waals surface area (Å²) >= 11 is 0. The first-order chi connectivity index (χ1) is 4.43. The van der Waals surface area contributed by atoms with E-state index in [0.29, 0.717) is 12.6 Å². The van der Waals surface area contributed by atoms with Gasteiger partial charge in [0.05, 0.1) is 0 Å². The Bertz CT molecular complexity index is 69.3. The van der Waals surface area contributed by atoms with E-state index in [1.807, 2.05) is 0 Å². The molecule has 1 atom stereocenters. The number of hydrogen-bond donors (Lipinski definition) is 2. The molecule has 1 saturated heterocycles. The lowest BCUT2D eigenvalue weighted by molar-refractivity contribution is 0.277. The summed E-state index contributed by atoms with van der Waals surface area (Å²) in [6, 6.07) is 0.706. The normalized spacial score (nSPS) is 27.0. The van der Waals surface area contributed by atoms with E-state index in [2.05, 4.69) is 5.32 Å². The molecule has 0 aromatic rings. The molecule has 9 heavy (non-hydrogen) atoms. The molecule has 54 valence electrons. The van der Waals surface area contributed by atoms with Crippen LogP contribution in [-0.4, -0.2) is 24.3 Å². The Kier molecular flexibility index (Phi) is 3.01. The Hall–Kier alpha value is -0.0800. The van der Waals surface area contributed by atoms with Crippen molar-refractivity contribution in [3.8, 4) is 0 Å². The fourth-order valence-corrected chi connectivity index (χ4v) is 1.34. The SMILES string of the molecule is OCCC[C@H]1CCCN1. The van der Waals surface area contributed by atoms with Crippen LogP contribution in [0.2, 0.25) is 0 Å². The molecule has 0 unspecified atom stereocenters. The monoisotopic (exact) mass is 129 g/mol. The van der Waals surface area contributed by atoms with E-state index in [9.17, 15) is 0 Å². The molecule has 0 aliphatic carbocycles. The molecule has 1 fully saturated rings. The van der Waals surface area contributed by atoms with Crippen LogP contribution in [0.5, 0.6) is 0 Å². The molecular formula is C7H15NO. The maximum Gasteiger partial charge on any atom is 0.0431 e. The second-order valence-electron chi connectivity index (χ2n) is 2.66. The zero-order chi connectivity index (χ0) is 6.53. The average molecular weight is 129 g/mol. The van der Waals surface area contributed by atoms with Crippen LogP contribution < -0.4 is 5.32 Å². The van der Waals surface area contributed by atoms with Crippen LogP contribution in [0.3, 0.4) is 0 Å². The molecule has 0 spiro atoms. The van der Waals surface area contributed by atoms with Gasteiger partial charge in [-0.3, -0.25) is 0 Å². The van der Waals surface area contributed by atoms with Gasteiger partial charge in [-0.15, -0.1) is 0 Å². The van der Waals surface area contributed by atoms with Crippen LogP contribution in [0.4, 0.5) is 0 Å². The quantitative estimate of drug-likeness (QED) is 0.582. The second-order valence-corrected chi connectivity index (χ2v) is 2.66. The maximum atomic E-state index is 8.50. The Balaban J connectivity index is 1.98. The average Bonchev–Trinajstić information content (AvgIpc) is 2.34. The number of rotatable bonds is 3. The highest BCUT2D eigenvalue weighted by atomic mass is 16.2. The number of hydrogen-bond acceptors (Lipinski definition) is 2. The highest BCUT2D eigenvalue weighted by Gasteiger charge is 2.11. The van der Waals surface area contributed by atoms with Gasteiger partial charge in [0, 0.05) is 12.6 Å². The lowest BCUT2D eigenvalue weighted by Gasteiger charge is -2.06. The van der Waals surface area contributed by atoms with Gasteiger partial charge in [-0.1, -0.05) is 0 Å². The van der Waals surface area contributed by atoms with E-state index in [0.717, 1.165) is 12.8 Å². The van der Waals surface area contributed by atoms with E-state index in [1.165, 1.54) is 19.4 Å². The van der Waals surface area contributed by atoms with Crippen molar-refractivity contribution in [2.75, 3.05) is 13.2 Å². The van der Waals surface area contributed by atoms with Crippen LogP contribution in [-0.2, 0) is 0 Å². The second kappa shape index (κ2) is 3.85. The molecule has 1 aliphatic heterocycles. The van der Waals surface area contributed by atoms with Crippen molar-refractivity contribution in [3.63, 3.8) is 0 Å². The Morgan fingerprint density at radius 1 is 1.56 bits per heavy atom. The third-order valence-corrected chi connectivity index (χ3v) is 1.87. The zero-order valence-electron chi connectivity index (χ0n) is 5.77. The van der Waals surface area contributed by atoms with Crippen molar-refractivity contribution in [1.82, 2.24) is 5.32 Å². The van der Waals surface area contributed by atoms with Crippen LogP contribution in [0, 0.1) is 0 Å². The first kappa shape index (κ1) is 7.03. The van der Waals surface area contributed by atoms with Crippen molar-refractivity contribution in [1.29, 1.82) is 0 Å². The Morgan fingerprint density at radius 3 is 3.00 bits per heavy atom. The molecule has 0 aromatic heterocycles. The van der Waals surface area contributed by atoms with Gasteiger partial charge in [-0.2, -0.15) is 0 Å². The molecule has 2 heteroatoms. The van der Waals surface area contributed by atoms with Crippen LogP contribution in [0.25, 0.3) is 0 Å². The highest BCUT2D eigenvalue weighted by Crippen LogP contribution is 2.09. The predicted molar refractivity (Wildman–Crippen MR) is 37.3 cm³/mol. The van der Waals surface area contributed by atoms with Gasteiger partial charge in [-0.05, 0) is 32.2 Å². The Labute approximate surface area is 56.3 Å². The molecule has 0 saturated carbocycles. The number of aliphatic hydroxyl groups excluding tert-OH is 1. The van der Waals surface area contributed by atoms with Gasteiger partial charge in [0.15, 0.2) is 0 Å². The standard InChI is InChI=1S/C7H15NO/c9-6-2-4-7-3-1-5-8-7/h7-9H,1-6H2/t7-/m1/s1. The third kappa shape index (κ3) is 2.33. The summed E-state index contributed by atoms with van der Waals surface area (Å²) in [5.74, 6) is 0. The fraction of sp³-hybridized carbons (Fsp3) is 1.00. The maximum absolute atomic E-state index is 8.50. The molecular weight excluding hydrogens is 114 g/mol. The third-order valence-electron chi connectivity index (χ3n) is 1.87. The summed E-state index contributed by atoms with van der Waals surface area (Å²) in [6.07, 6.45) is 4.73. The van der Waals surface area contributed by atoms with Crippen molar-refractivity contribution in [2.45, 2.75) is 31.7 Å². The molecule has 0 radical (unpaired) electrons. The summed E-state index contributed by atoms with van der Waals surface area (Å²) in [6.45, 7) is 1.52. The molecule has 1 aliphatic rings. The van der Waals surface area contributed by atoms with E-state index < -0.39 is 0 Å². The van der Waals surface area contributed by atoms with Crippen molar-refractivity contribution in [3.05, 3.63) is 0 Å². The minimum Gasteiger partial charge on any atom is -0.396 e. The molecule has 2 nitrogen and oxygen atoms in total. The van der Waals surface area contributed by atoms with Crippen LogP contribution >= 0.6 is 0 Å². The summed E-state index contributed by atoms with van der Waals surface area (Å²) < 4.78 is 0. The topological polar surface area (TPSA) is 32.3 Å². The molecule has 0 aromatic carbocycles. The van der Waals surface area contributed by atoms with Gasteiger partial charge >= 0.3 is 0 Å². The molecule has 0 amide bonds. The van der Waals surface area contributed by atoms with Gasteiger partial charge in [0.1, 0.15) is 0 Å². The minimum atomic E-state index is 0.345. The van der Waals surface area contributed by atoms with Crippen LogP contribution in [0.15, 0.2) is 0 Å². The lowest BCUT2D eigenvalue weighted by Crippen LogP contribution is -2.21. The van der Waals surface area contributed by atoms with Gasteiger partial charge in [0.2, 0.25) is 0 Å². The van der Waals surface area contributed by atoms with E-state index in [-0.39, 0.29) is 0 Å². The van der Waals surface area contributed by atoms with Crippen molar-refractivity contribution >= 4 is 0 Å². The summed E-state index contributed by atoms with van der Waals surface area (Å²) in [5, 5.41) is 11.9. The summed E-state index contributed by atoms with van der Waals surface area (Å²) in [4.78, 5) is 0. The first-order valence-corrected chi connectivity index (χ1v) is 3.77. The molecule has 1 heterocycles. The first-order valence-electron chi connectivity index (χ1n) is 3.77. The van der Waals surface area contributed by atoms with Gasteiger partial charge in [0.25, 0.3) is 0 Å². The Morgan fingerprint density at radius 2 is 2.44 bits per heavy atom. The van der Waals surface area contributed by atoms with Gasteiger partial charge < -0.3 is 10.4 Å². The van der Waals surface area contributed by atoms with E-state index in [4.69, 9.17) is 5.11 Å². The summed E-state index contributed by atoms with van der Waals surface area (Å²) in [7, 11) is 0. The smallest absolute Gasteiger partial charge is 0.0431 e. The lowest BCUT2D eigenvalue weighted by atomic mass is 10.1. The predicted octanol–water partition coefficient (Wildman–Crippen LogP) is 0.511. The van der Waals surface area contributed by atoms with E-state index >= 15 is 0 Å². The van der Waals surface area contributed by atoms with E-state index in [1.54, 1.807) is 0 Å². The van der Waals surface area contributed by atoms with Crippen molar-refractivity contribution in [2.24, 2.45) is 0 Å². The van der Waals surface area contributed by atoms with Crippen molar-refractivity contribution < 1.29 is 5.11 Å². The zero-order valence-corrected chi connectivity index (χ0v) is 5.77. The number of nitrogens with one attached hydrogen (secondary N) is 1.